The molecule has 1 amide bonds. The number of benzene rings is 2. The topological polar surface area (TPSA) is 67.0 Å². The highest BCUT2D eigenvalue weighted by atomic mass is 35.5. The number of carbonyl (C=O) groups excluding carboxylic acids is 1. The Kier molecular flexibility index (Phi) is 5.65. The van der Waals surface area contributed by atoms with E-state index in [4.69, 9.17) is 16.3 Å². The van der Waals surface area contributed by atoms with Gasteiger partial charge in [-0.1, -0.05) is 35.9 Å². The molecule has 0 bridgehead atoms. The maximum absolute atomic E-state index is 13.8. The van der Waals surface area contributed by atoms with E-state index in [0.29, 0.717) is 49.0 Å². The maximum Gasteiger partial charge on any atom is 0.269 e. The lowest BCUT2D eigenvalue weighted by Gasteiger charge is -2.38. The van der Waals surface area contributed by atoms with E-state index in [1.807, 2.05) is 18.2 Å². The monoisotopic (exact) mass is 413 g/mol. The number of hydrogen-bond donors (Lipinski definition) is 2. The van der Waals surface area contributed by atoms with Crippen LogP contribution in [0.25, 0.3) is 11.3 Å². The van der Waals surface area contributed by atoms with E-state index >= 15 is 0 Å². The standard InChI is InChI=1S/C22H21ClFN3O2/c23-17-5-1-3-15(11-17)19-13-20(27-26-19)21(28)25-14-22(7-9-29-10-8-22)16-4-2-6-18(24)12-16/h1-6,11-13H,7-10,14H2,(H,25,28)(H,26,27). The smallest absolute Gasteiger partial charge is 0.269 e. The molecule has 2 heterocycles. The van der Waals surface area contributed by atoms with Gasteiger partial charge in [0.05, 0.1) is 5.69 Å². The van der Waals surface area contributed by atoms with Crippen LogP contribution in [-0.2, 0) is 10.2 Å². The molecule has 1 saturated heterocycles. The molecule has 29 heavy (non-hydrogen) atoms. The fourth-order valence-corrected chi connectivity index (χ4v) is 3.92. The van der Waals surface area contributed by atoms with Crippen molar-refractivity contribution in [1.29, 1.82) is 0 Å². The third kappa shape index (κ3) is 4.33. The van der Waals surface area contributed by atoms with Crippen molar-refractivity contribution in [3.63, 3.8) is 0 Å². The van der Waals surface area contributed by atoms with Gasteiger partial charge in [0, 0.05) is 35.8 Å². The van der Waals surface area contributed by atoms with Crippen LogP contribution in [0.3, 0.4) is 0 Å². The van der Waals surface area contributed by atoms with Gasteiger partial charge in [-0.2, -0.15) is 5.10 Å². The average molecular weight is 414 g/mol. The maximum atomic E-state index is 13.8. The van der Waals surface area contributed by atoms with E-state index in [1.54, 1.807) is 30.3 Å². The molecule has 4 rings (SSSR count). The van der Waals surface area contributed by atoms with Crippen LogP contribution in [0, 0.1) is 5.82 Å². The number of halogens is 2. The van der Waals surface area contributed by atoms with Crippen LogP contribution >= 0.6 is 11.6 Å². The zero-order valence-electron chi connectivity index (χ0n) is 15.8. The molecule has 150 valence electrons. The molecule has 2 aromatic carbocycles. The van der Waals surface area contributed by atoms with Gasteiger partial charge in [-0.3, -0.25) is 9.89 Å². The third-order valence-electron chi connectivity index (χ3n) is 5.42. The van der Waals surface area contributed by atoms with Gasteiger partial charge in [-0.05, 0) is 48.7 Å². The molecular formula is C22H21ClFN3O2. The first-order chi connectivity index (χ1) is 14.1. The minimum atomic E-state index is -0.355. The van der Waals surface area contributed by atoms with E-state index in [9.17, 15) is 9.18 Å². The Morgan fingerprint density at radius 2 is 1.97 bits per heavy atom. The molecular weight excluding hydrogens is 393 g/mol. The highest BCUT2D eigenvalue weighted by Crippen LogP contribution is 2.34. The van der Waals surface area contributed by atoms with Crippen LogP contribution in [0.15, 0.2) is 54.6 Å². The van der Waals surface area contributed by atoms with E-state index < -0.39 is 0 Å². The largest absolute Gasteiger partial charge is 0.381 e. The number of ether oxygens (including phenoxy) is 1. The Balaban J connectivity index is 1.50. The summed E-state index contributed by atoms with van der Waals surface area (Å²) in [4.78, 5) is 12.7. The van der Waals surface area contributed by atoms with Gasteiger partial charge in [0.25, 0.3) is 5.91 Å². The van der Waals surface area contributed by atoms with Crippen molar-refractivity contribution in [3.05, 3.63) is 76.7 Å². The lowest BCUT2D eigenvalue weighted by molar-refractivity contribution is 0.0486. The summed E-state index contributed by atoms with van der Waals surface area (Å²) in [6.07, 6.45) is 1.43. The summed E-state index contributed by atoms with van der Waals surface area (Å²) in [6.45, 7) is 1.55. The minimum absolute atomic E-state index is 0.256. The number of aromatic amines is 1. The van der Waals surface area contributed by atoms with Crippen LogP contribution in [0.2, 0.25) is 5.02 Å². The second-order valence-electron chi connectivity index (χ2n) is 7.26. The molecule has 2 N–H and O–H groups in total. The highest BCUT2D eigenvalue weighted by Gasteiger charge is 2.35. The number of aromatic nitrogens is 2. The second-order valence-corrected chi connectivity index (χ2v) is 7.70. The van der Waals surface area contributed by atoms with Gasteiger partial charge < -0.3 is 10.1 Å². The van der Waals surface area contributed by atoms with Gasteiger partial charge in [-0.25, -0.2) is 4.39 Å². The number of hydrogen-bond acceptors (Lipinski definition) is 3. The Bertz CT molecular complexity index is 1010. The molecule has 3 aromatic rings. The predicted molar refractivity (Wildman–Crippen MR) is 109 cm³/mol. The zero-order valence-corrected chi connectivity index (χ0v) is 16.5. The van der Waals surface area contributed by atoms with Gasteiger partial charge in [0.1, 0.15) is 11.5 Å². The van der Waals surface area contributed by atoms with E-state index in [2.05, 4.69) is 15.5 Å². The summed E-state index contributed by atoms with van der Waals surface area (Å²) < 4.78 is 19.3. The fraction of sp³-hybridized carbons (Fsp3) is 0.273. The summed E-state index contributed by atoms with van der Waals surface area (Å²) in [7, 11) is 0. The summed E-state index contributed by atoms with van der Waals surface area (Å²) in [5.41, 5.74) is 2.36. The first kappa shape index (κ1) is 19.6. The fourth-order valence-electron chi connectivity index (χ4n) is 3.73. The van der Waals surface area contributed by atoms with Crippen molar-refractivity contribution in [1.82, 2.24) is 15.5 Å². The van der Waals surface area contributed by atoms with Crippen molar-refractivity contribution in [3.8, 4) is 11.3 Å². The average Bonchev–Trinajstić information content (AvgIpc) is 3.23. The molecule has 1 aromatic heterocycles. The second kappa shape index (κ2) is 8.35. The third-order valence-corrected chi connectivity index (χ3v) is 5.65. The van der Waals surface area contributed by atoms with Crippen LogP contribution in [0.4, 0.5) is 4.39 Å². The molecule has 1 aliphatic heterocycles. The lowest BCUT2D eigenvalue weighted by atomic mass is 9.74. The first-order valence-electron chi connectivity index (χ1n) is 9.49. The SMILES string of the molecule is O=C(NCC1(c2cccc(F)c2)CCOCC1)c1cc(-c2cccc(Cl)c2)n[nH]1. The molecule has 1 aliphatic rings. The van der Waals surface area contributed by atoms with Gasteiger partial charge >= 0.3 is 0 Å². The van der Waals surface area contributed by atoms with Gasteiger partial charge in [0.2, 0.25) is 0 Å². The molecule has 0 atom stereocenters. The van der Waals surface area contributed by atoms with Crippen molar-refractivity contribution in [2.24, 2.45) is 0 Å². The summed E-state index contributed by atoms with van der Waals surface area (Å²) in [5, 5.41) is 10.6. The molecule has 1 fully saturated rings. The number of nitrogens with zero attached hydrogens (tertiary/aromatic N) is 1. The Hall–Kier alpha value is -2.70. The molecule has 5 nitrogen and oxygen atoms in total. The Morgan fingerprint density at radius 1 is 1.17 bits per heavy atom. The molecule has 0 aliphatic carbocycles. The highest BCUT2D eigenvalue weighted by molar-refractivity contribution is 6.30. The molecule has 0 saturated carbocycles. The number of nitrogens with one attached hydrogen (secondary N) is 2. The first-order valence-corrected chi connectivity index (χ1v) is 9.87. The number of rotatable bonds is 5. The summed E-state index contributed by atoms with van der Waals surface area (Å²) >= 11 is 6.03. The van der Waals surface area contributed by atoms with Crippen molar-refractivity contribution < 1.29 is 13.9 Å². The minimum Gasteiger partial charge on any atom is -0.381 e. The van der Waals surface area contributed by atoms with Crippen molar-refractivity contribution in [2.75, 3.05) is 19.8 Å². The predicted octanol–water partition coefficient (Wildman–Crippen LogP) is 4.35. The summed E-state index contributed by atoms with van der Waals surface area (Å²) in [5.74, 6) is -0.535. The van der Waals surface area contributed by atoms with E-state index in [-0.39, 0.29) is 17.1 Å². The molecule has 0 radical (unpaired) electrons. The molecule has 0 unspecified atom stereocenters. The number of H-pyrrole nitrogens is 1. The Morgan fingerprint density at radius 3 is 2.72 bits per heavy atom. The molecule has 0 spiro atoms. The van der Waals surface area contributed by atoms with E-state index in [1.165, 1.54) is 6.07 Å². The van der Waals surface area contributed by atoms with Crippen molar-refractivity contribution in [2.45, 2.75) is 18.3 Å². The molecule has 7 heteroatoms. The summed E-state index contributed by atoms with van der Waals surface area (Å²) in [6, 6.07) is 15.6. The number of carbonyl (C=O) groups is 1. The Labute approximate surface area is 173 Å². The van der Waals surface area contributed by atoms with Crippen LogP contribution in [0.5, 0.6) is 0 Å². The van der Waals surface area contributed by atoms with E-state index in [0.717, 1.165) is 11.1 Å². The zero-order chi connectivity index (χ0) is 20.3. The van der Waals surface area contributed by atoms with Crippen molar-refractivity contribution >= 4 is 17.5 Å². The van der Waals surface area contributed by atoms with Crippen LogP contribution in [0.1, 0.15) is 28.9 Å². The van der Waals surface area contributed by atoms with Gasteiger partial charge in [0.15, 0.2) is 0 Å². The number of amides is 1. The van der Waals surface area contributed by atoms with Crippen LogP contribution < -0.4 is 5.32 Å². The van der Waals surface area contributed by atoms with Gasteiger partial charge in [-0.15, -0.1) is 0 Å². The normalized spacial score (nSPS) is 15.8. The lowest BCUT2D eigenvalue weighted by Crippen LogP contribution is -2.44. The quantitative estimate of drug-likeness (QED) is 0.653. The van der Waals surface area contributed by atoms with Crippen LogP contribution in [-0.4, -0.2) is 35.9 Å².